The normalized spacial score (nSPS) is 15.6. The molecule has 2 N–H and O–H groups in total. The first-order valence-electron chi connectivity index (χ1n) is 7.57. The Balaban J connectivity index is 1.90. The maximum absolute atomic E-state index is 13.4. The van der Waals surface area contributed by atoms with Crippen LogP contribution in [0.4, 0.5) is 24.9 Å². The monoisotopic (exact) mass is 383 g/mol. The highest BCUT2D eigenvalue weighted by Gasteiger charge is 2.37. The number of alkyl halides is 3. The summed E-state index contributed by atoms with van der Waals surface area (Å²) in [6, 6.07) is 0. The summed E-state index contributed by atoms with van der Waals surface area (Å²) < 4.78 is 46.2. The molecule has 0 unspecified atom stereocenters. The van der Waals surface area contributed by atoms with E-state index in [1.165, 1.54) is 11.3 Å². The summed E-state index contributed by atoms with van der Waals surface area (Å²) in [7, 11) is 0. The highest BCUT2D eigenvalue weighted by atomic mass is 32.1. The van der Waals surface area contributed by atoms with Gasteiger partial charge in [0.2, 0.25) is 5.95 Å². The Labute approximate surface area is 148 Å². The first-order valence-corrected chi connectivity index (χ1v) is 8.45. The van der Waals surface area contributed by atoms with E-state index in [0.29, 0.717) is 42.5 Å². The van der Waals surface area contributed by atoms with E-state index in [1.54, 1.807) is 5.51 Å². The predicted octanol–water partition coefficient (Wildman–Crippen LogP) is 1.98. The molecule has 1 aliphatic rings. The van der Waals surface area contributed by atoms with E-state index in [4.69, 9.17) is 10.5 Å². The number of aromatic nitrogens is 5. The van der Waals surface area contributed by atoms with Crippen LogP contribution >= 0.6 is 11.3 Å². The average Bonchev–Trinajstić information content (AvgIpc) is 3.09. The second-order valence-corrected chi connectivity index (χ2v) is 6.32. The van der Waals surface area contributed by atoms with Gasteiger partial charge in [0.25, 0.3) is 0 Å². The van der Waals surface area contributed by atoms with E-state index in [9.17, 15) is 13.2 Å². The molecule has 136 valence electrons. The third-order valence-corrected chi connectivity index (χ3v) is 4.61. The summed E-state index contributed by atoms with van der Waals surface area (Å²) >= 11 is 1.33. The van der Waals surface area contributed by atoms with Gasteiger partial charge in [-0.1, -0.05) is 0 Å². The Hall–Kier alpha value is -2.60. The van der Waals surface area contributed by atoms with E-state index in [0.717, 1.165) is 6.20 Å². The van der Waals surface area contributed by atoms with Crippen LogP contribution in [0.15, 0.2) is 11.7 Å². The zero-order valence-electron chi connectivity index (χ0n) is 13.2. The fourth-order valence-corrected chi connectivity index (χ4v) is 3.38. The van der Waals surface area contributed by atoms with E-state index < -0.39 is 17.8 Å². The number of thiazole rings is 1. The number of ether oxygens (including phenoxy) is 1. The van der Waals surface area contributed by atoms with Crippen LogP contribution in [0.1, 0.15) is 5.69 Å². The van der Waals surface area contributed by atoms with Gasteiger partial charge in [-0.05, 0) is 0 Å². The number of morpholine rings is 1. The molecule has 0 spiro atoms. The highest BCUT2D eigenvalue weighted by molar-refractivity contribution is 7.17. The molecule has 12 heteroatoms. The number of halogens is 3. The van der Waals surface area contributed by atoms with Crippen LogP contribution in [0.5, 0.6) is 0 Å². The molecule has 1 fully saturated rings. The summed E-state index contributed by atoms with van der Waals surface area (Å²) in [4.78, 5) is 21.6. The number of nitrogens with two attached hydrogens (primary N) is 1. The van der Waals surface area contributed by atoms with Crippen molar-refractivity contribution in [1.82, 2.24) is 24.9 Å². The fraction of sp³-hybridized carbons (Fsp3) is 0.357. The number of hydrogen-bond acceptors (Lipinski definition) is 9. The van der Waals surface area contributed by atoms with Gasteiger partial charge in [0, 0.05) is 19.3 Å². The summed E-state index contributed by atoms with van der Waals surface area (Å²) in [5.41, 5.74) is 5.72. The van der Waals surface area contributed by atoms with Crippen molar-refractivity contribution in [3.63, 3.8) is 0 Å². The number of nitrogens with zero attached hydrogens (tertiary/aromatic N) is 6. The SMILES string of the molecule is Nc1ncc(-c2nc(N3CCOCC3)c3scnc3n2)c(C(F)(F)F)n1. The molecule has 1 aliphatic heterocycles. The lowest BCUT2D eigenvalue weighted by atomic mass is 10.2. The minimum Gasteiger partial charge on any atom is -0.378 e. The Kier molecular flexibility index (Phi) is 4.07. The van der Waals surface area contributed by atoms with Crippen molar-refractivity contribution >= 4 is 33.5 Å². The lowest BCUT2D eigenvalue weighted by Crippen LogP contribution is -2.37. The number of rotatable bonds is 2. The van der Waals surface area contributed by atoms with Gasteiger partial charge in [0.1, 0.15) is 4.70 Å². The van der Waals surface area contributed by atoms with E-state index in [-0.39, 0.29) is 11.4 Å². The minimum absolute atomic E-state index is 0.141. The van der Waals surface area contributed by atoms with E-state index in [2.05, 4.69) is 24.9 Å². The Morgan fingerprint density at radius 2 is 1.88 bits per heavy atom. The van der Waals surface area contributed by atoms with Gasteiger partial charge in [-0.3, -0.25) is 0 Å². The number of hydrogen-bond donors (Lipinski definition) is 1. The molecule has 3 aromatic rings. The first-order chi connectivity index (χ1) is 12.4. The zero-order chi connectivity index (χ0) is 18.3. The molecule has 26 heavy (non-hydrogen) atoms. The molecule has 0 radical (unpaired) electrons. The summed E-state index contributed by atoms with van der Waals surface area (Å²) in [6.45, 7) is 2.18. The third-order valence-electron chi connectivity index (χ3n) is 3.80. The molecule has 0 atom stereocenters. The number of fused-ring (bicyclic) bond motifs is 1. The Morgan fingerprint density at radius 3 is 2.62 bits per heavy atom. The Bertz CT molecular complexity index is 955. The van der Waals surface area contributed by atoms with Gasteiger partial charge in [-0.25, -0.2) is 24.9 Å². The third kappa shape index (κ3) is 3.01. The van der Waals surface area contributed by atoms with Crippen molar-refractivity contribution < 1.29 is 17.9 Å². The van der Waals surface area contributed by atoms with E-state index >= 15 is 0 Å². The topological polar surface area (TPSA) is 103 Å². The van der Waals surface area contributed by atoms with Crippen LogP contribution in [0.2, 0.25) is 0 Å². The molecule has 1 saturated heterocycles. The van der Waals surface area contributed by atoms with Gasteiger partial charge < -0.3 is 15.4 Å². The van der Waals surface area contributed by atoms with Crippen molar-refractivity contribution in [2.24, 2.45) is 0 Å². The van der Waals surface area contributed by atoms with Crippen LogP contribution in [-0.4, -0.2) is 51.2 Å². The molecule has 4 heterocycles. The van der Waals surface area contributed by atoms with Crippen LogP contribution in [0, 0.1) is 0 Å². The lowest BCUT2D eigenvalue weighted by molar-refractivity contribution is -0.140. The first kappa shape index (κ1) is 16.8. The molecule has 0 bridgehead atoms. The maximum atomic E-state index is 13.4. The molecular formula is C14H12F3N7OS. The van der Waals surface area contributed by atoms with Gasteiger partial charge >= 0.3 is 6.18 Å². The molecular weight excluding hydrogens is 371 g/mol. The minimum atomic E-state index is -4.72. The standard InChI is InChI=1S/C14H12F3N7OS/c15-14(16,17)9-7(5-19-13(18)21-9)10-22-11-8(26-6-20-11)12(23-10)24-1-3-25-4-2-24/h5-6H,1-4H2,(H2,18,19,21). The van der Waals surface area contributed by atoms with Gasteiger partial charge in [0.15, 0.2) is 23.0 Å². The second-order valence-electron chi connectivity index (χ2n) is 5.46. The molecule has 0 aliphatic carbocycles. The fourth-order valence-electron chi connectivity index (χ4n) is 2.63. The van der Waals surface area contributed by atoms with Crippen molar-refractivity contribution in [2.75, 3.05) is 36.9 Å². The van der Waals surface area contributed by atoms with Crippen LogP contribution in [0.25, 0.3) is 21.7 Å². The number of nitrogen functional groups attached to an aromatic ring is 1. The smallest absolute Gasteiger partial charge is 0.378 e. The van der Waals surface area contributed by atoms with Crippen LogP contribution in [-0.2, 0) is 10.9 Å². The van der Waals surface area contributed by atoms with E-state index in [1.807, 2.05) is 4.90 Å². The highest BCUT2D eigenvalue weighted by Crippen LogP contribution is 2.36. The van der Waals surface area contributed by atoms with Crippen LogP contribution < -0.4 is 10.6 Å². The maximum Gasteiger partial charge on any atom is 0.434 e. The molecule has 3 aromatic heterocycles. The summed E-state index contributed by atoms with van der Waals surface area (Å²) in [6.07, 6.45) is -3.73. The molecule has 0 amide bonds. The molecule has 8 nitrogen and oxygen atoms in total. The molecule has 0 aromatic carbocycles. The second kappa shape index (κ2) is 6.29. The summed E-state index contributed by atoms with van der Waals surface area (Å²) in [5.74, 6) is -0.0813. The zero-order valence-corrected chi connectivity index (χ0v) is 14.0. The van der Waals surface area contributed by atoms with Gasteiger partial charge in [-0.2, -0.15) is 13.2 Å². The lowest BCUT2D eigenvalue weighted by Gasteiger charge is -2.28. The molecule has 4 rings (SSSR count). The van der Waals surface area contributed by atoms with Crippen molar-refractivity contribution in [3.8, 4) is 11.4 Å². The molecule has 0 saturated carbocycles. The van der Waals surface area contributed by atoms with Crippen molar-refractivity contribution in [2.45, 2.75) is 6.18 Å². The van der Waals surface area contributed by atoms with Gasteiger partial charge in [-0.15, -0.1) is 11.3 Å². The largest absolute Gasteiger partial charge is 0.434 e. The van der Waals surface area contributed by atoms with Crippen LogP contribution in [0.3, 0.4) is 0 Å². The van der Waals surface area contributed by atoms with Crippen molar-refractivity contribution in [3.05, 3.63) is 17.4 Å². The Morgan fingerprint density at radius 1 is 1.12 bits per heavy atom. The quantitative estimate of drug-likeness (QED) is 0.717. The summed E-state index contributed by atoms with van der Waals surface area (Å²) in [5, 5.41) is 0. The predicted molar refractivity (Wildman–Crippen MR) is 88.7 cm³/mol. The average molecular weight is 383 g/mol. The number of anilines is 2. The van der Waals surface area contributed by atoms with Crippen molar-refractivity contribution in [1.29, 1.82) is 0 Å². The van der Waals surface area contributed by atoms with Gasteiger partial charge in [0.05, 0.1) is 24.3 Å².